The highest BCUT2D eigenvalue weighted by atomic mass is 35.5. The maximum Gasteiger partial charge on any atom is 0.222 e. The molecule has 0 aromatic heterocycles. The van der Waals surface area contributed by atoms with Gasteiger partial charge >= 0.3 is 0 Å². The van der Waals surface area contributed by atoms with Gasteiger partial charge in [-0.15, -0.1) is 0 Å². The molecule has 1 N–H and O–H groups in total. The zero-order chi connectivity index (χ0) is 19.9. The molecule has 0 atom stereocenters. The topological polar surface area (TPSA) is 47.9 Å². The van der Waals surface area contributed by atoms with E-state index in [1.54, 1.807) is 7.05 Å². The molecule has 0 radical (unpaired) electrons. The number of benzene rings is 2. The van der Waals surface area contributed by atoms with Crippen molar-refractivity contribution in [2.45, 2.75) is 32.5 Å². The average Bonchev–Trinajstić information content (AvgIpc) is 3.08. The lowest BCUT2D eigenvalue weighted by atomic mass is 10.1. The van der Waals surface area contributed by atoms with Gasteiger partial charge < -0.3 is 15.1 Å². The van der Waals surface area contributed by atoms with Crippen LogP contribution >= 0.6 is 11.6 Å². The Balaban J connectivity index is 1.62. The van der Waals surface area contributed by atoms with Crippen molar-refractivity contribution in [1.29, 1.82) is 0 Å². The van der Waals surface area contributed by atoms with Crippen LogP contribution in [-0.2, 0) is 24.4 Å². The Kier molecular flexibility index (Phi) is 6.93. The average molecular weight is 399 g/mol. The van der Waals surface area contributed by atoms with E-state index in [0.29, 0.717) is 26.1 Å². The van der Waals surface area contributed by atoms with Crippen LogP contribution in [0.15, 0.2) is 53.5 Å². The fraction of sp³-hybridized carbons (Fsp3) is 0.364. The number of carbonyl (C=O) groups excluding carboxylic acids is 1. The van der Waals surface area contributed by atoms with Gasteiger partial charge in [-0.05, 0) is 35.2 Å². The van der Waals surface area contributed by atoms with Crippen LogP contribution in [0.2, 0.25) is 5.02 Å². The molecule has 0 aliphatic carbocycles. The Bertz CT molecular complexity index is 852. The molecule has 1 fully saturated rings. The Labute approximate surface area is 172 Å². The molecule has 0 spiro atoms. The summed E-state index contributed by atoms with van der Waals surface area (Å²) in [6.45, 7) is 2.90. The third kappa shape index (κ3) is 5.26. The van der Waals surface area contributed by atoms with E-state index in [9.17, 15) is 4.79 Å². The molecule has 5 nitrogen and oxygen atoms in total. The predicted octanol–water partition coefficient (Wildman–Crippen LogP) is 3.67. The first-order valence-corrected chi connectivity index (χ1v) is 9.95. The van der Waals surface area contributed by atoms with Crippen LogP contribution in [0.3, 0.4) is 0 Å². The van der Waals surface area contributed by atoms with Gasteiger partial charge in [0.2, 0.25) is 5.91 Å². The van der Waals surface area contributed by atoms with Crippen LogP contribution in [0.5, 0.6) is 0 Å². The van der Waals surface area contributed by atoms with Crippen molar-refractivity contribution in [1.82, 2.24) is 15.1 Å². The second kappa shape index (κ2) is 9.60. The second-order valence-corrected chi connectivity index (χ2v) is 7.51. The lowest BCUT2D eigenvalue weighted by Crippen LogP contribution is -2.38. The molecule has 2 aromatic rings. The Hall–Kier alpha value is -2.53. The van der Waals surface area contributed by atoms with Crippen LogP contribution in [0.4, 0.5) is 0 Å². The number of hydrogen-bond acceptors (Lipinski definition) is 2. The maximum absolute atomic E-state index is 12.0. The van der Waals surface area contributed by atoms with Crippen LogP contribution in [-0.4, -0.2) is 42.3 Å². The lowest BCUT2D eigenvalue weighted by Gasteiger charge is -2.23. The minimum atomic E-state index is 0.250. The Morgan fingerprint density at radius 2 is 2.00 bits per heavy atom. The quantitative estimate of drug-likeness (QED) is 0.596. The normalized spacial score (nSPS) is 14.5. The van der Waals surface area contributed by atoms with Crippen molar-refractivity contribution in [2.24, 2.45) is 4.99 Å². The molecule has 0 saturated carbocycles. The highest BCUT2D eigenvalue weighted by Gasteiger charge is 2.21. The van der Waals surface area contributed by atoms with Gasteiger partial charge in [-0.25, -0.2) is 0 Å². The van der Waals surface area contributed by atoms with Gasteiger partial charge in [0.15, 0.2) is 5.96 Å². The molecule has 0 unspecified atom stereocenters. The summed E-state index contributed by atoms with van der Waals surface area (Å²) in [5.74, 6) is 1.06. The van der Waals surface area contributed by atoms with E-state index in [0.717, 1.165) is 29.5 Å². The SMILES string of the molecule is CN=C(NCc1ccccc1CN1CCCC1=O)N(C)Cc1cccc(Cl)c1. The summed E-state index contributed by atoms with van der Waals surface area (Å²) in [5, 5.41) is 4.17. The van der Waals surface area contributed by atoms with Gasteiger partial charge in [-0.1, -0.05) is 48.0 Å². The molecule has 1 amide bonds. The van der Waals surface area contributed by atoms with Crippen molar-refractivity contribution in [3.05, 3.63) is 70.2 Å². The van der Waals surface area contributed by atoms with Crippen molar-refractivity contribution in [3.63, 3.8) is 0 Å². The van der Waals surface area contributed by atoms with Gasteiger partial charge in [-0.3, -0.25) is 9.79 Å². The summed E-state index contributed by atoms with van der Waals surface area (Å²) in [6.07, 6.45) is 1.63. The summed E-state index contributed by atoms with van der Waals surface area (Å²) in [7, 11) is 3.79. The molecule has 6 heteroatoms. The molecular weight excluding hydrogens is 372 g/mol. The summed E-state index contributed by atoms with van der Waals surface area (Å²) in [5.41, 5.74) is 3.49. The molecule has 28 heavy (non-hydrogen) atoms. The van der Waals surface area contributed by atoms with E-state index in [1.165, 1.54) is 11.1 Å². The third-order valence-corrected chi connectivity index (χ3v) is 5.21. The number of rotatable bonds is 6. The Morgan fingerprint density at radius 1 is 1.21 bits per heavy atom. The summed E-state index contributed by atoms with van der Waals surface area (Å²) in [6, 6.07) is 16.1. The first-order valence-electron chi connectivity index (χ1n) is 9.57. The zero-order valence-corrected chi connectivity index (χ0v) is 17.2. The van der Waals surface area contributed by atoms with E-state index in [2.05, 4.69) is 33.4 Å². The van der Waals surface area contributed by atoms with Crippen molar-refractivity contribution < 1.29 is 4.79 Å². The molecular formula is C22H27ClN4O. The van der Waals surface area contributed by atoms with E-state index in [-0.39, 0.29) is 5.91 Å². The standard InChI is InChI=1S/C22H27ClN4O/c1-24-22(26(2)15-17-7-5-10-20(23)13-17)25-14-18-8-3-4-9-19(18)16-27-12-6-11-21(27)28/h3-5,7-10,13H,6,11-12,14-16H2,1-2H3,(H,24,25). The van der Waals surface area contributed by atoms with E-state index in [4.69, 9.17) is 11.6 Å². The number of nitrogens with one attached hydrogen (secondary N) is 1. The fourth-order valence-corrected chi connectivity index (χ4v) is 3.72. The number of likely N-dealkylation sites (tertiary alicyclic amines) is 1. The minimum absolute atomic E-state index is 0.250. The smallest absolute Gasteiger partial charge is 0.222 e. The number of carbonyl (C=O) groups is 1. The number of guanidine groups is 1. The molecule has 3 rings (SSSR count). The molecule has 0 bridgehead atoms. The maximum atomic E-state index is 12.0. The Morgan fingerprint density at radius 3 is 2.68 bits per heavy atom. The van der Waals surface area contributed by atoms with E-state index < -0.39 is 0 Å². The van der Waals surface area contributed by atoms with Crippen molar-refractivity contribution in [3.8, 4) is 0 Å². The molecule has 1 aliphatic rings. The predicted molar refractivity (Wildman–Crippen MR) is 114 cm³/mol. The van der Waals surface area contributed by atoms with Crippen molar-refractivity contribution in [2.75, 3.05) is 20.6 Å². The van der Waals surface area contributed by atoms with Crippen LogP contribution < -0.4 is 5.32 Å². The van der Waals surface area contributed by atoms with Crippen molar-refractivity contribution >= 4 is 23.5 Å². The van der Waals surface area contributed by atoms with Crippen LogP contribution in [0.25, 0.3) is 0 Å². The van der Waals surface area contributed by atoms with Gasteiger partial charge in [0, 0.05) is 51.7 Å². The van der Waals surface area contributed by atoms with E-state index in [1.807, 2.05) is 42.3 Å². The summed E-state index contributed by atoms with van der Waals surface area (Å²) in [4.78, 5) is 20.4. The largest absolute Gasteiger partial charge is 0.352 e. The molecule has 148 valence electrons. The third-order valence-electron chi connectivity index (χ3n) is 4.97. The molecule has 2 aromatic carbocycles. The van der Waals surface area contributed by atoms with Crippen LogP contribution in [0.1, 0.15) is 29.5 Å². The number of nitrogens with zero attached hydrogens (tertiary/aromatic N) is 3. The highest BCUT2D eigenvalue weighted by molar-refractivity contribution is 6.30. The van der Waals surface area contributed by atoms with E-state index >= 15 is 0 Å². The molecule has 1 heterocycles. The fourth-order valence-electron chi connectivity index (χ4n) is 3.50. The number of hydrogen-bond donors (Lipinski definition) is 1. The first-order chi connectivity index (χ1) is 13.6. The first kappa shape index (κ1) is 20.2. The monoisotopic (exact) mass is 398 g/mol. The lowest BCUT2D eigenvalue weighted by molar-refractivity contribution is -0.128. The molecule has 1 aliphatic heterocycles. The van der Waals surface area contributed by atoms with Gasteiger partial charge in [0.25, 0.3) is 0 Å². The zero-order valence-electron chi connectivity index (χ0n) is 16.5. The van der Waals surface area contributed by atoms with Gasteiger partial charge in [0.1, 0.15) is 0 Å². The molecule has 1 saturated heterocycles. The number of amides is 1. The number of halogens is 1. The second-order valence-electron chi connectivity index (χ2n) is 7.07. The highest BCUT2D eigenvalue weighted by Crippen LogP contribution is 2.17. The van der Waals surface area contributed by atoms with Crippen LogP contribution in [0, 0.1) is 0 Å². The summed E-state index contributed by atoms with van der Waals surface area (Å²) < 4.78 is 0. The number of aliphatic imine (C=N–C) groups is 1. The van der Waals surface area contributed by atoms with Gasteiger partial charge in [-0.2, -0.15) is 0 Å². The summed E-state index contributed by atoms with van der Waals surface area (Å²) >= 11 is 6.09. The minimum Gasteiger partial charge on any atom is -0.352 e. The van der Waals surface area contributed by atoms with Gasteiger partial charge in [0.05, 0.1) is 0 Å².